The van der Waals surface area contributed by atoms with Gasteiger partial charge in [0.25, 0.3) is 0 Å². The van der Waals surface area contributed by atoms with E-state index in [1.807, 2.05) is 0 Å². The minimum absolute atomic E-state index is 0.736. The average molecular weight is 93.1 g/mol. The molecular weight excluding hydrogens is 81.0 g/mol. The van der Waals surface area contributed by atoms with Crippen LogP contribution in [-0.2, 0) is 0 Å². The van der Waals surface area contributed by atoms with Gasteiger partial charge in [-0.25, -0.2) is 0 Å². The molecule has 0 aliphatic rings. The third kappa shape index (κ3) is 3.17. The summed E-state index contributed by atoms with van der Waals surface area (Å²) in [6.07, 6.45) is 1.24. The predicted octanol–water partition coefficient (Wildman–Crippen LogP) is 0.453. The zero-order chi connectivity index (χ0) is 5.86. The molecule has 0 N–H and O–H groups in total. The van der Waals surface area contributed by atoms with Crippen molar-refractivity contribution in [2.24, 2.45) is 0 Å². The van der Waals surface area contributed by atoms with Crippen molar-refractivity contribution in [3.63, 3.8) is 0 Å². The summed E-state index contributed by atoms with van der Waals surface area (Å²) in [6.45, 7) is 2.20. The molecule has 0 aliphatic carbocycles. The number of hydrogen-bond acceptors (Lipinski definition) is 1. The number of hydrogen-bond donors (Lipinski definition) is 0. The number of nitrogens with zero attached hydrogens (tertiary/aromatic N) is 1. The van der Waals surface area contributed by atoms with Gasteiger partial charge in [-0.3, -0.25) is 0 Å². The topological polar surface area (TPSA) is 3.24 Å². The Morgan fingerprint density at radius 1 is 1.57 bits per heavy atom. The first-order valence-electron chi connectivity index (χ1n) is 2.85. The Hall–Kier alpha value is 0.557. The summed E-state index contributed by atoms with van der Waals surface area (Å²) in [5, 5.41) is 0. The standard InChI is InChI=1S/C5H12N.Li/c1-4-5-6(2)3;/h5H,4H2,1-3H3;. The Kier molecular flexibility index (Phi) is 3.83. The van der Waals surface area contributed by atoms with E-state index in [2.05, 4.69) is 43.6 Å². The van der Waals surface area contributed by atoms with Gasteiger partial charge in [0.05, 0.1) is 0 Å². The van der Waals surface area contributed by atoms with Crippen LogP contribution in [0.2, 0.25) is 0 Å². The first-order valence-corrected chi connectivity index (χ1v) is 2.85. The first kappa shape index (κ1) is 7.56. The van der Waals surface area contributed by atoms with Crippen molar-refractivity contribution in [2.75, 3.05) is 14.1 Å². The zero-order valence-corrected chi connectivity index (χ0v) is 5.73. The second-order valence-corrected chi connectivity index (χ2v) is 2.22. The van der Waals surface area contributed by atoms with Gasteiger partial charge in [-0.1, -0.05) is 0 Å². The molecule has 0 rings (SSSR count). The minimum atomic E-state index is 0.736. The molecule has 7 heavy (non-hydrogen) atoms. The fraction of sp³-hybridized carbons (Fsp3) is 1.00. The summed E-state index contributed by atoms with van der Waals surface area (Å²) in [4.78, 5) is 2.22. The van der Waals surface area contributed by atoms with E-state index in [1.54, 1.807) is 0 Å². The molecule has 0 amide bonds. The third-order valence-electron chi connectivity index (χ3n) is 1.47. The van der Waals surface area contributed by atoms with Crippen LogP contribution in [0.25, 0.3) is 0 Å². The van der Waals surface area contributed by atoms with Gasteiger partial charge < -0.3 is 0 Å². The molecular formula is C5H12LiN. The van der Waals surface area contributed by atoms with Gasteiger partial charge in [-0.05, 0) is 0 Å². The molecule has 0 aromatic carbocycles. The fourth-order valence-corrected chi connectivity index (χ4v) is 0.365. The van der Waals surface area contributed by atoms with Crippen LogP contribution in [0.5, 0.6) is 0 Å². The second kappa shape index (κ2) is 3.55. The SMILES string of the molecule is [Li][CH](CC)N(C)C. The van der Waals surface area contributed by atoms with Crippen LogP contribution in [0.3, 0.4) is 0 Å². The Bertz CT molecular complexity index is 45.3. The van der Waals surface area contributed by atoms with E-state index >= 15 is 0 Å². The molecule has 2 heteroatoms. The number of rotatable bonds is 2. The maximum absolute atomic E-state index is 2.22. The van der Waals surface area contributed by atoms with Gasteiger partial charge in [0, 0.05) is 0 Å². The van der Waals surface area contributed by atoms with Crippen LogP contribution in [0.4, 0.5) is 0 Å². The van der Waals surface area contributed by atoms with Crippen molar-refractivity contribution >= 4 is 17.7 Å². The van der Waals surface area contributed by atoms with Crippen LogP contribution < -0.4 is 0 Å². The molecule has 0 fully saturated rings. The van der Waals surface area contributed by atoms with E-state index in [0.29, 0.717) is 0 Å². The van der Waals surface area contributed by atoms with E-state index in [9.17, 15) is 0 Å². The summed E-state index contributed by atoms with van der Waals surface area (Å²) in [6, 6.07) is 0. The Balaban J connectivity index is 3.14. The summed E-state index contributed by atoms with van der Waals surface area (Å²) < 4.78 is 0.736. The molecule has 1 atom stereocenters. The third-order valence-corrected chi connectivity index (χ3v) is 1.47. The monoisotopic (exact) mass is 93.1 g/mol. The van der Waals surface area contributed by atoms with Gasteiger partial charge in [0.1, 0.15) is 0 Å². The maximum atomic E-state index is 2.22. The van der Waals surface area contributed by atoms with Crippen molar-refractivity contribution in [3.8, 4) is 0 Å². The van der Waals surface area contributed by atoms with Crippen LogP contribution in [-0.4, -0.2) is 41.4 Å². The normalized spacial score (nSPS) is 15.1. The molecule has 0 spiro atoms. The van der Waals surface area contributed by atoms with E-state index in [1.165, 1.54) is 6.42 Å². The molecule has 0 aromatic rings. The molecule has 1 unspecified atom stereocenters. The fourth-order valence-electron chi connectivity index (χ4n) is 0.365. The van der Waals surface area contributed by atoms with E-state index in [4.69, 9.17) is 0 Å². The second-order valence-electron chi connectivity index (χ2n) is 2.22. The molecule has 1 nitrogen and oxygen atoms in total. The van der Waals surface area contributed by atoms with Crippen LogP contribution >= 0.6 is 0 Å². The molecule has 0 bridgehead atoms. The molecule has 38 valence electrons. The van der Waals surface area contributed by atoms with Crippen LogP contribution in [0, 0.1) is 0 Å². The molecule has 0 saturated carbocycles. The van der Waals surface area contributed by atoms with E-state index in [-0.39, 0.29) is 0 Å². The molecule has 0 aliphatic heterocycles. The van der Waals surface area contributed by atoms with Gasteiger partial charge >= 0.3 is 54.8 Å². The van der Waals surface area contributed by atoms with Gasteiger partial charge in [-0.15, -0.1) is 0 Å². The van der Waals surface area contributed by atoms with Gasteiger partial charge in [0.15, 0.2) is 0 Å². The van der Waals surface area contributed by atoms with Crippen molar-refractivity contribution in [1.82, 2.24) is 4.90 Å². The quantitative estimate of drug-likeness (QED) is 0.448. The van der Waals surface area contributed by atoms with Gasteiger partial charge in [-0.2, -0.15) is 0 Å². The van der Waals surface area contributed by atoms with E-state index < -0.39 is 0 Å². The average Bonchev–Trinajstić information content (AvgIpc) is 1.65. The van der Waals surface area contributed by atoms with Crippen molar-refractivity contribution < 1.29 is 0 Å². The molecule has 0 radical (unpaired) electrons. The Morgan fingerprint density at radius 2 is 2.00 bits per heavy atom. The summed E-state index contributed by atoms with van der Waals surface area (Å²) >= 11 is 2.22. The summed E-state index contributed by atoms with van der Waals surface area (Å²) in [5.41, 5.74) is 0. The van der Waals surface area contributed by atoms with Crippen molar-refractivity contribution in [1.29, 1.82) is 0 Å². The molecule has 0 heterocycles. The Labute approximate surface area is 55.3 Å². The zero-order valence-electron chi connectivity index (χ0n) is 5.73. The first-order chi connectivity index (χ1) is 3.18. The summed E-state index contributed by atoms with van der Waals surface area (Å²) in [7, 11) is 4.21. The molecule has 0 saturated heterocycles. The van der Waals surface area contributed by atoms with Crippen LogP contribution in [0.1, 0.15) is 13.3 Å². The van der Waals surface area contributed by atoms with E-state index in [0.717, 1.165) is 4.71 Å². The molecule has 0 aromatic heterocycles. The Morgan fingerprint density at radius 3 is 2.00 bits per heavy atom. The van der Waals surface area contributed by atoms with Crippen molar-refractivity contribution in [2.45, 2.75) is 18.1 Å². The van der Waals surface area contributed by atoms with Crippen molar-refractivity contribution in [3.05, 3.63) is 0 Å². The predicted molar refractivity (Wildman–Crippen MR) is 33.5 cm³/mol. The van der Waals surface area contributed by atoms with Gasteiger partial charge in [0.2, 0.25) is 0 Å². The van der Waals surface area contributed by atoms with Crippen LogP contribution in [0.15, 0.2) is 0 Å². The summed E-state index contributed by atoms with van der Waals surface area (Å²) in [5.74, 6) is 0.